The van der Waals surface area contributed by atoms with Crippen molar-refractivity contribution in [3.63, 3.8) is 0 Å². The van der Waals surface area contributed by atoms with Gasteiger partial charge < -0.3 is 0 Å². The highest BCUT2D eigenvalue weighted by molar-refractivity contribution is 7.84. The molecular formula is H2Cl2PSi. The molecule has 0 aromatic heterocycles. The summed E-state index contributed by atoms with van der Waals surface area (Å²) < 4.78 is 6.47. The summed E-state index contributed by atoms with van der Waals surface area (Å²) >= 11 is 10.3. The maximum atomic E-state index is 6.47. The molecule has 0 heterocycles. The molecule has 0 bridgehead atoms. The van der Waals surface area contributed by atoms with E-state index in [4.69, 9.17) is 23.4 Å². The fourth-order valence-corrected chi connectivity index (χ4v) is 0. The summed E-state index contributed by atoms with van der Waals surface area (Å²) in [6.07, 6.45) is 0. The van der Waals surface area contributed by atoms with E-state index in [1.807, 2.05) is 0 Å². The molecular weight excluding hydrogens is 130 g/mol. The summed E-state index contributed by atoms with van der Waals surface area (Å²) in [5.41, 5.74) is 0. The Kier molecular flexibility index (Phi) is 2.11. The van der Waals surface area contributed by atoms with Crippen LogP contribution in [0.3, 0.4) is 0 Å². The molecule has 0 fully saturated rings. The van der Waals surface area contributed by atoms with Crippen molar-refractivity contribution in [2.45, 2.75) is 0 Å². The molecule has 0 amide bonds. The molecule has 4 heavy (non-hydrogen) atoms. The number of rotatable bonds is 1. The van der Waals surface area contributed by atoms with Gasteiger partial charge in [-0.05, 0) is 0 Å². The van der Waals surface area contributed by atoms with E-state index >= 15 is 0 Å². The fraction of sp³-hybridized carbons (Fsp3) is 0. The van der Waals surface area contributed by atoms with Crippen molar-refractivity contribution in [2.24, 2.45) is 0 Å². The molecule has 25 valence electrons. The third kappa shape index (κ3) is 10.6. The first-order valence-electron chi connectivity index (χ1n) is 1.13. The zero-order valence-electron chi connectivity index (χ0n) is 2.76. The minimum absolute atomic E-state index is 0.00309. The maximum Gasteiger partial charge on any atom is 0.294 e. The highest BCUT2D eigenvalue weighted by Gasteiger charge is 1.83. The molecule has 0 N–H and O–H groups in total. The highest BCUT2D eigenvalue weighted by Crippen LogP contribution is 2.01. The van der Waals surface area contributed by atoms with Gasteiger partial charge in [0.2, 0.25) is 0 Å². The van der Waals surface area contributed by atoms with E-state index in [0.29, 0.717) is 0 Å². The Morgan fingerprint density at radius 2 is 2.25 bits per heavy atom. The summed E-state index contributed by atoms with van der Waals surface area (Å²) in [5, 5.41) is 0. The van der Waals surface area contributed by atoms with E-state index in [9.17, 15) is 0 Å². The van der Waals surface area contributed by atoms with E-state index in [0.717, 1.165) is 0 Å². The monoisotopic (exact) mass is 132 g/mol. The smallest absolute Gasteiger partial charge is 0.141 e. The van der Waals surface area contributed by atoms with Gasteiger partial charge in [0.15, 0.2) is 0 Å². The second kappa shape index (κ2) is 2.46. The van der Waals surface area contributed by atoms with Crippen molar-refractivity contribution < 1.29 is 0 Å². The topological polar surface area (TPSA) is 0 Å². The number of hydrogen-bond donors (Lipinski definition) is 0. The van der Waals surface area contributed by atoms with E-state index in [-0.39, 0.29) is 8.73 Å². The van der Waals surface area contributed by atoms with Crippen LogP contribution < -0.4 is 0 Å². The van der Waals surface area contributed by atoms with Crippen LogP contribution in [0.2, 0.25) is 0 Å². The Morgan fingerprint density at radius 1 is 2.00 bits per heavy atom. The van der Waals surface area contributed by atoms with Crippen LogP contribution in [0.25, 0.3) is 0 Å². The molecule has 0 spiro atoms. The Hall–Kier alpha value is 1.23. The van der Waals surface area contributed by atoms with Gasteiger partial charge in [-0.15, -0.1) is 30.9 Å². The van der Waals surface area contributed by atoms with Crippen molar-refractivity contribution >= 4 is 38.0 Å². The van der Waals surface area contributed by atoms with Gasteiger partial charge in [-0.2, -0.15) is 0 Å². The highest BCUT2D eigenvalue weighted by atomic mass is 35.7. The first kappa shape index (κ1) is 3.42. The predicted molar refractivity (Wildman–Crippen MR) is 27.2 cm³/mol. The van der Waals surface area contributed by atoms with Gasteiger partial charge in [-0.1, -0.05) is 0 Å². The van der Waals surface area contributed by atoms with Gasteiger partial charge >= 0.3 is 0 Å². The van der Waals surface area contributed by atoms with Crippen LogP contribution in [-0.4, -0.2) is 8.36 Å². The Morgan fingerprint density at radius 3 is 2.25 bits per heavy atom. The maximum absolute atomic E-state index is 6.47. The molecule has 1 atom stereocenters. The molecule has 0 saturated carbocycles. The summed E-state index contributed by atoms with van der Waals surface area (Å²) in [6, 6.07) is 0. The number of hydrogen-bond acceptors (Lipinski definition) is 0. The molecule has 0 rings (SSSR count). The summed E-state index contributed by atoms with van der Waals surface area (Å²) in [5.74, 6) is 0. The second-order valence-electron chi connectivity index (χ2n) is 0.260. The summed E-state index contributed by atoms with van der Waals surface area (Å²) in [7, 11) is -1.24. The zero-order chi connectivity index (χ0) is 4.28. The molecule has 0 aromatic carbocycles. The third-order valence-corrected chi connectivity index (χ3v) is 0. The molecule has 0 nitrogen and oxygen atoms in total. The molecule has 0 aliphatic carbocycles. The zero-order valence-corrected chi connectivity index (χ0v) is 5.27. The number of halogens is 2. The van der Waals surface area contributed by atoms with Crippen molar-refractivity contribution in [3.05, 3.63) is 0 Å². The van der Waals surface area contributed by atoms with Crippen LogP contribution >= 0.6 is 30.9 Å². The Labute approximate surface area is 39.8 Å². The van der Waals surface area contributed by atoms with Crippen LogP contribution in [-0.2, 0) is 0 Å². The van der Waals surface area contributed by atoms with Gasteiger partial charge in [-0.3, -0.25) is 0 Å². The largest absolute Gasteiger partial charge is 0.294 e. The molecule has 0 saturated heterocycles. The standard InChI is InChI=1S/Cl2H2PSi/c1-4(2)3/h3H2/i3D. The average Bonchev–Trinajstić information content (AvgIpc) is 1.38. The van der Waals surface area contributed by atoms with Crippen LogP contribution in [0.15, 0.2) is 0 Å². The SMILES string of the molecule is [2H]P[Si](Cl)Cl. The molecule has 0 aromatic rings. The molecule has 0 aliphatic rings. The average molecular weight is 133 g/mol. The van der Waals surface area contributed by atoms with Crippen LogP contribution in [0, 0.1) is 0 Å². The molecule has 4 heteroatoms. The lowest BCUT2D eigenvalue weighted by molar-refractivity contribution is 4.19. The lowest BCUT2D eigenvalue weighted by Crippen LogP contribution is -1.64. The quantitative estimate of drug-likeness (QED) is 0.287. The van der Waals surface area contributed by atoms with Gasteiger partial charge in [-0.25, -0.2) is 0 Å². The van der Waals surface area contributed by atoms with Gasteiger partial charge in [0.05, 0.1) is 1.28 Å². The lowest BCUT2D eigenvalue weighted by atomic mass is 27.5. The summed E-state index contributed by atoms with van der Waals surface area (Å²) in [4.78, 5) is 0. The third-order valence-electron chi connectivity index (χ3n) is 0. The molecule has 1 radical (unpaired) electrons. The summed E-state index contributed by atoms with van der Waals surface area (Å²) in [6.45, 7) is 0. The van der Waals surface area contributed by atoms with Crippen LogP contribution in [0.5, 0.6) is 0 Å². The van der Waals surface area contributed by atoms with Crippen molar-refractivity contribution in [2.75, 3.05) is 0 Å². The van der Waals surface area contributed by atoms with Gasteiger partial charge in [0.25, 0.3) is 7.08 Å². The second-order valence-corrected chi connectivity index (χ2v) is 7.03. The van der Waals surface area contributed by atoms with Gasteiger partial charge in [0, 0.05) is 0 Å². The minimum Gasteiger partial charge on any atom is -0.141 e. The van der Waals surface area contributed by atoms with Crippen molar-refractivity contribution in [1.29, 1.82) is 1.28 Å². The van der Waals surface area contributed by atoms with Crippen molar-refractivity contribution in [3.8, 4) is 0 Å². The minimum atomic E-state index is -1.24. The Bertz CT molecular complexity index is 23.6. The fourth-order valence-electron chi connectivity index (χ4n) is 0. The molecule has 0 aliphatic heterocycles. The first-order chi connectivity index (χ1) is 2.27. The van der Waals surface area contributed by atoms with Crippen LogP contribution in [0.4, 0.5) is 0 Å². The van der Waals surface area contributed by atoms with Gasteiger partial charge in [0.1, 0.15) is 0 Å². The van der Waals surface area contributed by atoms with Crippen molar-refractivity contribution in [1.82, 2.24) is 0 Å². The van der Waals surface area contributed by atoms with E-state index in [2.05, 4.69) is 0 Å². The van der Waals surface area contributed by atoms with E-state index in [1.54, 1.807) is 0 Å². The molecule has 1 unspecified atom stereocenters. The first-order valence-corrected chi connectivity index (χ1v) is 5.65. The predicted octanol–water partition coefficient (Wildman–Crippen LogP) is 1.32. The lowest BCUT2D eigenvalue weighted by Gasteiger charge is -1.66. The van der Waals surface area contributed by atoms with Crippen LogP contribution in [0.1, 0.15) is 0 Å². The van der Waals surface area contributed by atoms with E-state index in [1.165, 1.54) is 0 Å². The normalized spacial score (nSPS) is 15.2. The van der Waals surface area contributed by atoms with E-state index < -0.39 is 7.08 Å². The Balaban J connectivity index is 2.54.